The fourth-order valence-corrected chi connectivity index (χ4v) is 2.44. The van der Waals surface area contributed by atoms with Gasteiger partial charge in [-0.25, -0.2) is 0 Å². The van der Waals surface area contributed by atoms with Gasteiger partial charge >= 0.3 is 0 Å². The quantitative estimate of drug-likeness (QED) is 0.883. The molecule has 3 N–H and O–H groups in total. The minimum Gasteiger partial charge on any atom is -0.369 e. The number of nitrogens with two attached hydrogens (primary N) is 1. The van der Waals surface area contributed by atoms with Gasteiger partial charge in [-0.05, 0) is 24.0 Å². The van der Waals surface area contributed by atoms with Gasteiger partial charge in [0.1, 0.15) is 0 Å². The van der Waals surface area contributed by atoms with E-state index in [-0.39, 0.29) is 17.4 Å². The normalized spacial score (nSPS) is 20.8. The largest absolute Gasteiger partial charge is 0.369 e. The smallest absolute Gasteiger partial charge is 0.237 e. The van der Waals surface area contributed by atoms with E-state index in [4.69, 9.17) is 5.73 Å². The van der Waals surface area contributed by atoms with Crippen molar-refractivity contribution in [2.45, 2.75) is 39.3 Å². The lowest BCUT2D eigenvalue weighted by Gasteiger charge is -2.27. The van der Waals surface area contributed by atoms with Crippen LogP contribution in [0.4, 0.5) is 5.69 Å². The van der Waals surface area contributed by atoms with E-state index >= 15 is 0 Å². The number of hydrogen-bond donors (Lipinski definition) is 2. The summed E-state index contributed by atoms with van der Waals surface area (Å²) in [6, 6.07) is 10.0. The second-order valence-corrected chi connectivity index (χ2v) is 6.62. The summed E-state index contributed by atoms with van der Waals surface area (Å²) in [5.41, 5.74) is 7.00. The molecule has 0 spiro atoms. The third-order valence-electron chi connectivity index (χ3n) is 3.87. The Bertz CT molecular complexity index is 453. The first-order valence-corrected chi connectivity index (χ1v) is 7.24. The fourth-order valence-electron chi connectivity index (χ4n) is 2.44. The molecule has 2 atom stereocenters. The van der Waals surface area contributed by atoms with E-state index in [2.05, 4.69) is 22.3 Å². The predicted molar refractivity (Wildman–Crippen MR) is 82.6 cm³/mol. The van der Waals surface area contributed by atoms with Crippen molar-refractivity contribution < 1.29 is 4.79 Å². The van der Waals surface area contributed by atoms with Crippen LogP contribution in [0.25, 0.3) is 0 Å². The summed E-state index contributed by atoms with van der Waals surface area (Å²) in [6.45, 7) is 7.79. The fraction of sp³-hybridized carbons (Fsp3) is 0.562. The summed E-state index contributed by atoms with van der Waals surface area (Å²) < 4.78 is 0. The number of amides is 1. The molecule has 0 bridgehead atoms. The minimum atomic E-state index is -0.465. The lowest BCUT2D eigenvalue weighted by atomic mass is 9.87. The summed E-state index contributed by atoms with van der Waals surface area (Å²) in [7, 11) is 0. The van der Waals surface area contributed by atoms with Gasteiger partial charge in [-0.3, -0.25) is 4.79 Å². The third-order valence-corrected chi connectivity index (χ3v) is 3.87. The number of rotatable bonds is 3. The van der Waals surface area contributed by atoms with Crippen molar-refractivity contribution in [2.24, 2.45) is 11.1 Å². The van der Waals surface area contributed by atoms with E-state index in [0.29, 0.717) is 0 Å². The Morgan fingerprint density at radius 1 is 1.35 bits per heavy atom. The summed E-state index contributed by atoms with van der Waals surface area (Å²) in [6.07, 6.45) is 0.970. The van der Waals surface area contributed by atoms with Crippen LogP contribution in [0.3, 0.4) is 0 Å². The number of nitrogens with zero attached hydrogens (tertiary/aromatic N) is 1. The van der Waals surface area contributed by atoms with E-state index in [1.165, 1.54) is 5.69 Å². The molecule has 1 unspecified atom stereocenters. The molecule has 0 aromatic heterocycles. The van der Waals surface area contributed by atoms with Crippen molar-refractivity contribution in [1.29, 1.82) is 0 Å². The Kier molecular flexibility index (Phi) is 4.33. The molecule has 20 heavy (non-hydrogen) atoms. The monoisotopic (exact) mass is 275 g/mol. The van der Waals surface area contributed by atoms with Crippen molar-refractivity contribution in [1.82, 2.24) is 5.32 Å². The number of anilines is 1. The molecule has 1 aromatic carbocycles. The number of nitrogens with one attached hydrogen (secondary N) is 1. The zero-order chi connectivity index (χ0) is 14.8. The number of carbonyl (C=O) groups excluding carboxylic acids is 1. The Morgan fingerprint density at radius 3 is 2.60 bits per heavy atom. The van der Waals surface area contributed by atoms with Gasteiger partial charge in [0.15, 0.2) is 0 Å². The summed E-state index contributed by atoms with van der Waals surface area (Å²) in [5.74, 6) is -0.0441. The number of hydrogen-bond acceptors (Lipinski definition) is 3. The molecule has 0 radical (unpaired) electrons. The number of para-hydroxylation sites is 1. The average molecular weight is 275 g/mol. The molecule has 1 aromatic rings. The SMILES string of the molecule is CC(C)(C)[C@H](N)C(=O)NC1CCN(c2ccccc2)C1. The molecule has 1 heterocycles. The Morgan fingerprint density at radius 2 is 2.00 bits per heavy atom. The first kappa shape index (κ1) is 14.9. The first-order valence-electron chi connectivity index (χ1n) is 7.24. The molecule has 1 aliphatic rings. The van der Waals surface area contributed by atoms with Gasteiger partial charge in [0, 0.05) is 24.8 Å². The highest BCUT2D eigenvalue weighted by atomic mass is 16.2. The standard InChI is InChI=1S/C16H25N3O/c1-16(2,3)14(17)15(20)18-12-9-10-19(11-12)13-7-5-4-6-8-13/h4-8,12,14H,9-11,17H2,1-3H3,(H,18,20)/t12?,14-/m1/s1. The van der Waals surface area contributed by atoms with E-state index < -0.39 is 6.04 Å². The van der Waals surface area contributed by atoms with Crippen LogP contribution >= 0.6 is 0 Å². The molecule has 1 saturated heterocycles. The van der Waals surface area contributed by atoms with Gasteiger partial charge in [-0.15, -0.1) is 0 Å². The summed E-state index contributed by atoms with van der Waals surface area (Å²) >= 11 is 0. The maximum Gasteiger partial charge on any atom is 0.237 e. The highest BCUT2D eigenvalue weighted by Crippen LogP contribution is 2.21. The van der Waals surface area contributed by atoms with Crippen LogP contribution in [0, 0.1) is 5.41 Å². The van der Waals surface area contributed by atoms with Crippen molar-refractivity contribution in [3.63, 3.8) is 0 Å². The van der Waals surface area contributed by atoms with Gasteiger partial charge in [-0.1, -0.05) is 39.0 Å². The zero-order valence-electron chi connectivity index (χ0n) is 12.6. The van der Waals surface area contributed by atoms with E-state index in [1.54, 1.807) is 0 Å². The second kappa shape index (κ2) is 5.83. The lowest BCUT2D eigenvalue weighted by molar-refractivity contribution is -0.125. The van der Waals surface area contributed by atoms with Gasteiger partial charge < -0.3 is 16.0 Å². The van der Waals surface area contributed by atoms with Crippen molar-refractivity contribution >= 4 is 11.6 Å². The van der Waals surface area contributed by atoms with E-state index in [0.717, 1.165) is 19.5 Å². The van der Waals surface area contributed by atoms with E-state index in [1.807, 2.05) is 39.0 Å². The third kappa shape index (κ3) is 3.51. The number of carbonyl (C=O) groups is 1. The average Bonchev–Trinajstić information content (AvgIpc) is 2.86. The van der Waals surface area contributed by atoms with Crippen LogP contribution in [-0.2, 0) is 4.79 Å². The van der Waals surface area contributed by atoms with E-state index in [9.17, 15) is 4.79 Å². The summed E-state index contributed by atoms with van der Waals surface area (Å²) in [5, 5.41) is 3.08. The van der Waals surface area contributed by atoms with Gasteiger partial charge in [0.2, 0.25) is 5.91 Å². The molecular formula is C16H25N3O. The summed E-state index contributed by atoms with van der Waals surface area (Å²) in [4.78, 5) is 14.4. The molecule has 1 fully saturated rings. The molecule has 4 heteroatoms. The van der Waals surface area contributed by atoms with Gasteiger partial charge in [0.05, 0.1) is 6.04 Å². The van der Waals surface area contributed by atoms with Crippen LogP contribution in [0.1, 0.15) is 27.2 Å². The van der Waals surface area contributed by atoms with Crippen LogP contribution in [0.5, 0.6) is 0 Å². The van der Waals surface area contributed by atoms with Gasteiger partial charge in [0.25, 0.3) is 0 Å². The van der Waals surface area contributed by atoms with Crippen LogP contribution in [0.15, 0.2) is 30.3 Å². The van der Waals surface area contributed by atoms with Crippen LogP contribution in [-0.4, -0.2) is 31.1 Å². The molecule has 4 nitrogen and oxygen atoms in total. The van der Waals surface area contributed by atoms with Crippen molar-refractivity contribution in [3.05, 3.63) is 30.3 Å². The van der Waals surface area contributed by atoms with Crippen molar-refractivity contribution in [2.75, 3.05) is 18.0 Å². The second-order valence-electron chi connectivity index (χ2n) is 6.62. The zero-order valence-corrected chi connectivity index (χ0v) is 12.6. The minimum absolute atomic E-state index is 0.0441. The van der Waals surface area contributed by atoms with Gasteiger partial charge in [-0.2, -0.15) is 0 Å². The Hall–Kier alpha value is -1.55. The lowest BCUT2D eigenvalue weighted by Crippen LogP contribution is -2.51. The van der Waals surface area contributed by atoms with Crippen LogP contribution < -0.4 is 16.0 Å². The topological polar surface area (TPSA) is 58.4 Å². The molecular weight excluding hydrogens is 250 g/mol. The molecule has 2 rings (SSSR count). The maximum absolute atomic E-state index is 12.1. The first-order chi connectivity index (χ1) is 9.38. The predicted octanol–water partition coefficient (Wildman–Crippen LogP) is 1.75. The highest BCUT2D eigenvalue weighted by molar-refractivity contribution is 5.82. The van der Waals surface area contributed by atoms with Crippen molar-refractivity contribution in [3.8, 4) is 0 Å². The Balaban J connectivity index is 1.89. The molecule has 1 amide bonds. The van der Waals surface area contributed by atoms with Crippen LogP contribution in [0.2, 0.25) is 0 Å². The maximum atomic E-state index is 12.1. The molecule has 0 saturated carbocycles. The Labute approximate surface area is 121 Å². The number of benzene rings is 1. The molecule has 0 aliphatic carbocycles. The molecule has 1 aliphatic heterocycles. The highest BCUT2D eigenvalue weighted by Gasteiger charge is 2.31. The molecule has 110 valence electrons.